The van der Waals surface area contributed by atoms with E-state index in [1.165, 1.54) is 0 Å². The SMILES string of the molecule is O=C1CCCC=C1c1ccc(Br)cc1. The second-order valence-corrected chi connectivity index (χ2v) is 4.36. The Morgan fingerprint density at radius 3 is 2.50 bits per heavy atom. The van der Waals surface area contributed by atoms with Gasteiger partial charge in [0.1, 0.15) is 0 Å². The topological polar surface area (TPSA) is 17.1 Å². The Labute approximate surface area is 92.0 Å². The Kier molecular flexibility index (Phi) is 2.82. The normalized spacial score (nSPS) is 16.6. The molecule has 72 valence electrons. The highest BCUT2D eigenvalue weighted by Gasteiger charge is 2.14. The molecule has 0 bridgehead atoms. The first-order chi connectivity index (χ1) is 6.77. The smallest absolute Gasteiger partial charge is 0.163 e. The zero-order valence-electron chi connectivity index (χ0n) is 7.79. The lowest BCUT2D eigenvalue weighted by molar-refractivity contribution is -0.114. The van der Waals surface area contributed by atoms with Crippen LogP contribution >= 0.6 is 15.9 Å². The van der Waals surface area contributed by atoms with Crippen LogP contribution in [-0.4, -0.2) is 5.78 Å². The average Bonchev–Trinajstić information content (AvgIpc) is 2.20. The molecular formula is C12H11BrO. The van der Waals surface area contributed by atoms with E-state index in [-0.39, 0.29) is 5.78 Å². The van der Waals surface area contributed by atoms with Crippen LogP contribution in [0.3, 0.4) is 0 Å². The van der Waals surface area contributed by atoms with Crippen molar-refractivity contribution < 1.29 is 4.79 Å². The van der Waals surface area contributed by atoms with Gasteiger partial charge >= 0.3 is 0 Å². The summed E-state index contributed by atoms with van der Waals surface area (Å²) in [6, 6.07) is 7.91. The zero-order valence-corrected chi connectivity index (χ0v) is 9.38. The Bertz CT molecular complexity index is 376. The van der Waals surface area contributed by atoms with Gasteiger partial charge in [0.2, 0.25) is 0 Å². The first-order valence-electron chi connectivity index (χ1n) is 4.76. The first-order valence-corrected chi connectivity index (χ1v) is 5.56. The summed E-state index contributed by atoms with van der Waals surface area (Å²) in [5.74, 6) is 0.276. The number of Topliss-reactive ketones (excluding diaryl/α,β-unsaturated/α-hetero) is 1. The number of carbonyl (C=O) groups excluding carboxylic acids is 1. The van der Waals surface area contributed by atoms with Crippen molar-refractivity contribution in [3.05, 3.63) is 40.4 Å². The molecule has 0 amide bonds. The Morgan fingerprint density at radius 1 is 1.14 bits per heavy atom. The van der Waals surface area contributed by atoms with Crippen LogP contribution in [0.2, 0.25) is 0 Å². The van der Waals surface area contributed by atoms with Crippen LogP contribution in [0, 0.1) is 0 Å². The molecule has 0 saturated heterocycles. The molecule has 0 aliphatic heterocycles. The summed E-state index contributed by atoms with van der Waals surface area (Å²) in [4.78, 5) is 11.6. The number of carbonyl (C=O) groups is 1. The monoisotopic (exact) mass is 250 g/mol. The zero-order chi connectivity index (χ0) is 9.97. The summed E-state index contributed by atoms with van der Waals surface area (Å²) in [6.45, 7) is 0. The lowest BCUT2D eigenvalue weighted by Crippen LogP contribution is -2.05. The van der Waals surface area contributed by atoms with Crippen LogP contribution < -0.4 is 0 Å². The predicted octanol–water partition coefficient (Wildman–Crippen LogP) is 3.59. The molecule has 14 heavy (non-hydrogen) atoms. The minimum absolute atomic E-state index is 0.276. The van der Waals surface area contributed by atoms with Crippen LogP contribution in [0.25, 0.3) is 5.57 Å². The van der Waals surface area contributed by atoms with E-state index in [0.717, 1.165) is 28.5 Å². The van der Waals surface area contributed by atoms with Gasteiger partial charge in [-0.25, -0.2) is 0 Å². The van der Waals surface area contributed by atoms with E-state index in [0.29, 0.717) is 6.42 Å². The van der Waals surface area contributed by atoms with Crippen molar-refractivity contribution in [1.29, 1.82) is 0 Å². The molecular weight excluding hydrogens is 240 g/mol. The Morgan fingerprint density at radius 2 is 1.86 bits per heavy atom. The molecule has 0 fully saturated rings. The maximum absolute atomic E-state index is 11.6. The molecule has 1 aliphatic carbocycles. The molecule has 1 aliphatic rings. The third-order valence-corrected chi connectivity index (χ3v) is 2.94. The van der Waals surface area contributed by atoms with Gasteiger partial charge in [-0.05, 0) is 30.5 Å². The van der Waals surface area contributed by atoms with Crippen LogP contribution in [-0.2, 0) is 4.79 Å². The molecule has 0 unspecified atom stereocenters. The minimum atomic E-state index is 0.276. The first kappa shape index (κ1) is 9.66. The number of allylic oxidation sites excluding steroid dienone is 2. The fraction of sp³-hybridized carbons (Fsp3) is 0.250. The van der Waals surface area contributed by atoms with E-state index in [9.17, 15) is 4.79 Å². The van der Waals surface area contributed by atoms with Crippen molar-refractivity contribution in [2.24, 2.45) is 0 Å². The molecule has 2 rings (SSSR count). The highest BCUT2D eigenvalue weighted by Crippen LogP contribution is 2.24. The number of hydrogen-bond acceptors (Lipinski definition) is 1. The van der Waals surface area contributed by atoms with Crippen molar-refractivity contribution in [2.75, 3.05) is 0 Å². The number of hydrogen-bond donors (Lipinski definition) is 0. The van der Waals surface area contributed by atoms with Gasteiger partial charge in [-0.15, -0.1) is 0 Å². The molecule has 0 heterocycles. The molecule has 0 radical (unpaired) electrons. The molecule has 2 heteroatoms. The van der Waals surface area contributed by atoms with Gasteiger partial charge in [-0.3, -0.25) is 4.79 Å². The quantitative estimate of drug-likeness (QED) is 0.745. The second-order valence-electron chi connectivity index (χ2n) is 3.44. The predicted molar refractivity (Wildman–Crippen MR) is 61.0 cm³/mol. The van der Waals surface area contributed by atoms with Crippen LogP contribution in [0.4, 0.5) is 0 Å². The Balaban J connectivity index is 2.34. The van der Waals surface area contributed by atoms with E-state index in [1.54, 1.807) is 0 Å². The summed E-state index contributed by atoms with van der Waals surface area (Å²) >= 11 is 3.38. The lowest BCUT2D eigenvalue weighted by Gasteiger charge is -2.11. The molecule has 0 spiro atoms. The molecule has 0 N–H and O–H groups in total. The number of ketones is 1. The van der Waals surface area contributed by atoms with E-state index in [1.807, 2.05) is 24.3 Å². The van der Waals surface area contributed by atoms with Crippen molar-refractivity contribution >= 4 is 27.3 Å². The average molecular weight is 251 g/mol. The van der Waals surface area contributed by atoms with Crippen molar-refractivity contribution in [2.45, 2.75) is 19.3 Å². The molecule has 1 nitrogen and oxygen atoms in total. The summed E-state index contributed by atoms with van der Waals surface area (Å²) in [6.07, 6.45) is 4.77. The van der Waals surface area contributed by atoms with Gasteiger partial charge in [-0.2, -0.15) is 0 Å². The number of rotatable bonds is 1. The van der Waals surface area contributed by atoms with Crippen LogP contribution in [0.1, 0.15) is 24.8 Å². The molecule has 0 aromatic heterocycles. The summed E-state index contributed by atoms with van der Waals surface area (Å²) < 4.78 is 1.05. The highest BCUT2D eigenvalue weighted by molar-refractivity contribution is 9.10. The van der Waals surface area contributed by atoms with Crippen LogP contribution in [0.5, 0.6) is 0 Å². The van der Waals surface area contributed by atoms with E-state index >= 15 is 0 Å². The van der Waals surface area contributed by atoms with E-state index in [4.69, 9.17) is 0 Å². The van der Waals surface area contributed by atoms with Gasteiger partial charge < -0.3 is 0 Å². The van der Waals surface area contributed by atoms with E-state index in [2.05, 4.69) is 22.0 Å². The fourth-order valence-electron chi connectivity index (χ4n) is 1.67. The van der Waals surface area contributed by atoms with Gasteiger partial charge in [0, 0.05) is 16.5 Å². The van der Waals surface area contributed by atoms with Crippen molar-refractivity contribution in [3.63, 3.8) is 0 Å². The largest absolute Gasteiger partial charge is 0.294 e. The summed E-state index contributed by atoms with van der Waals surface area (Å²) in [7, 11) is 0. The molecule has 1 aromatic carbocycles. The summed E-state index contributed by atoms with van der Waals surface area (Å²) in [5.41, 5.74) is 1.93. The van der Waals surface area contributed by atoms with Gasteiger partial charge in [-0.1, -0.05) is 34.1 Å². The summed E-state index contributed by atoms with van der Waals surface area (Å²) in [5, 5.41) is 0. The molecule has 0 saturated carbocycles. The maximum Gasteiger partial charge on any atom is 0.163 e. The van der Waals surface area contributed by atoms with E-state index < -0.39 is 0 Å². The van der Waals surface area contributed by atoms with Crippen molar-refractivity contribution in [3.8, 4) is 0 Å². The standard InChI is InChI=1S/C12H11BrO/c13-10-7-5-9(6-8-10)11-3-1-2-4-12(11)14/h3,5-8H,1-2,4H2. The highest BCUT2D eigenvalue weighted by atomic mass is 79.9. The fourth-order valence-corrected chi connectivity index (χ4v) is 1.93. The van der Waals surface area contributed by atoms with Crippen molar-refractivity contribution in [1.82, 2.24) is 0 Å². The third-order valence-electron chi connectivity index (χ3n) is 2.41. The third kappa shape index (κ3) is 1.95. The van der Waals surface area contributed by atoms with Crippen LogP contribution in [0.15, 0.2) is 34.8 Å². The second kappa shape index (κ2) is 4.09. The van der Waals surface area contributed by atoms with Gasteiger partial charge in [0.05, 0.1) is 0 Å². The minimum Gasteiger partial charge on any atom is -0.294 e. The maximum atomic E-state index is 11.6. The number of benzene rings is 1. The Hall–Kier alpha value is -0.890. The molecule has 1 aromatic rings. The molecule has 0 atom stereocenters. The van der Waals surface area contributed by atoms with Gasteiger partial charge in [0.15, 0.2) is 5.78 Å². The number of halogens is 1. The lowest BCUT2D eigenvalue weighted by atomic mass is 9.93. The van der Waals surface area contributed by atoms with Gasteiger partial charge in [0.25, 0.3) is 0 Å².